The Hall–Kier alpha value is -2.42. The van der Waals surface area contributed by atoms with Crippen molar-refractivity contribution < 1.29 is 4.79 Å². The van der Waals surface area contributed by atoms with Crippen molar-refractivity contribution in [3.05, 3.63) is 66.6 Å². The highest BCUT2D eigenvalue weighted by atomic mass is 16.2. The number of aromatic nitrogens is 2. The predicted octanol–water partition coefficient (Wildman–Crippen LogP) is 2.72. The second-order valence-electron chi connectivity index (χ2n) is 3.79. The van der Waals surface area contributed by atoms with Crippen LogP contribution in [0.2, 0.25) is 0 Å². The minimum atomic E-state index is -0.0337. The smallest absolute Gasteiger partial charge is 0.262 e. The van der Waals surface area contributed by atoms with Crippen LogP contribution in [-0.2, 0) is 0 Å². The summed E-state index contributed by atoms with van der Waals surface area (Å²) in [5, 5.41) is 1.06. The van der Waals surface area contributed by atoms with Gasteiger partial charge >= 0.3 is 0 Å². The van der Waals surface area contributed by atoms with Gasteiger partial charge in [0.2, 0.25) is 0 Å². The molecule has 0 saturated carbocycles. The third-order valence-electron chi connectivity index (χ3n) is 2.75. The summed E-state index contributed by atoms with van der Waals surface area (Å²) < 4.78 is 1.66. The molecule has 0 N–H and O–H groups in total. The van der Waals surface area contributed by atoms with E-state index in [0.717, 1.165) is 10.9 Å². The van der Waals surface area contributed by atoms with E-state index in [0.29, 0.717) is 5.56 Å². The molecule has 0 bridgehead atoms. The molecule has 17 heavy (non-hydrogen) atoms. The Morgan fingerprint density at radius 1 is 1.00 bits per heavy atom. The zero-order valence-corrected chi connectivity index (χ0v) is 9.08. The first kappa shape index (κ1) is 9.78. The molecule has 2 heterocycles. The molecule has 0 amide bonds. The molecule has 0 atom stereocenters. The van der Waals surface area contributed by atoms with Crippen LogP contribution in [0.25, 0.3) is 10.9 Å². The van der Waals surface area contributed by atoms with E-state index in [1.807, 2.05) is 30.3 Å². The molecule has 3 rings (SSSR count). The zero-order chi connectivity index (χ0) is 11.7. The number of nitrogens with zero attached hydrogens (tertiary/aromatic N) is 2. The first-order chi connectivity index (χ1) is 8.36. The van der Waals surface area contributed by atoms with Crippen LogP contribution in [0.3, 0.4) is 0 Å². The summed E-state index contributed by atoms with van der Waals surface area (Å²) in [6.45, 7) is 0. The Bertz CT molecular complexity index is 671. The van der Waals surface area contributed by atoms with Gasteiger partial charge in [-0.3, -0.25) is 14.3 Å². The quantitative estimate of drug-likeness (QED) is 0.634. The highest BCUT2D eigenvalue weighted by Crippen LogP contribution is 2.16. The topological polar surface area (TPSA) is 34.9 Å². The predicted molar refractivity (Wildman–Crippen MR) is 65.9 cm³/mol. The molecule has 0 aliphatic carbocycles. The molecule has 1 aromatic carbocycles. The molecule has 0 aliphatic heterocycles. The van der Waals surface area contributed by atoms with E-state index in [1.54, 1.807) is 35.3 Å². The summed E-state index contributed by atoms with van der Waals surface area (Å²) >= 11 is 0. The van der Waals surface area contributed by atoms with Crippen molar-refractivity contribution in [2.24, 2.45) is 0 Å². The average Bonchev–Trinajstić information content (AvgIpc) is 2.83. The van der Waals surface area contributed by atoms with Crippen molar-refractivity contribution >= 4 is 16.8 Å². The fraction of sp³-hybridized carbons (Fsp3) is 0. The number of carbonyl (C=O) groups is 1. The molecule has 3 aromatic rings. The Kier molecular flexibility index (Phi) is 2.22. The Labute approximate surface area is 98.3 Å². The van der Waals surface area contributed by atoms with E-state index in [2.05, 4.69) is 4.98 Å². The van der Waals surface area contributed by atoms with Crippen LogP contribution >= 0.6 is 0 Å². The van der Waals surface area contributed by atoms with Crippen molar-refractivity contribution in [3.8, 4) is 0 Å². The van der Waals surface area contributed by atoms with Crippen LogP contribution in [0.4, 0.5) is 0 Å². The number of hydrogen-bond acceptors (Lipinski definition) is 2. The Morgan fingerprint density at radius 2 is 1.76 bits per heavy atom. The van der Waals surface area contributed by atoms with Gasteiger partial charge in [0.05, 0.1) is 5.52 Å². The molecular weight excluding hydrogens is 212 g/mol. The van der Waals surface area contributed by atoms with E-state index in [4.69, 9.17) is 0 Å². The number of carbonyl (C=O) groups excluding carboxylic acids is 1. The van der Waals surface area contributed by atoms with Gasteiger partial charge in [0.1, 0.15) is 0 Å². The third kappa shape index (κ3) is 1.61. The average molecular weight is 222 g/mol. The largest absolute Gasteiger partial charge is 0.283 e. The summed E-state index contributed by atoms with van der Waals surface area (Å²) in [4.78, 5) is 16.2. The molecule has 3 nitrogen and oxygen atoms in total. The van der Waals surface area contributed by atoms with Crippen molar-refractivity contribution in [2.75, 3.05) is 0 Å². The second-order valence-corrected chi connectivity index (χ2v) is 3.79. The Morgan fingerprint density at radius 3 is 2.59 bits per heavy atom. The molecule has 82 valence electrons. The number of benzene rings is 1. The molecule has 0 fully saturated rings. The summed E-state index contributed by atoms with van der Waals surface area (Å²) in [6, 6.07) is 13.2. The molecule has 0 saturated heterocycles. The van der Waals surface area contributed by atoms with Crippen LogP contribution in [0.1, 0.15) is 10.4 Å². The van der Waals surface area contributed by atoms with E-state index < -0.39 is 0 Å². The molecule has 0 radical (unpaired) electrons. The lowest BCUT2D eigenvalue weighted by Crippen LogP contribution is -2.10. The molecule has 0 aliphatic rings. The van der Waals surface area contributed by atoms with Gasteiger partial charge in [-0.15, -0.1) is 0 Å². The first-order valence-corrected chi connectivity index (χ1v) is 5.37. The highest BCUT2D eigenvalue weighted by Gasteiger charge is 2.10. The van der Waals surface area contributed by atoms with Gasteiger partial charge in [-0.2, -0.15) is 0 Å². The van der Waals surface area contributed by atoms with Crippen LogP contribution in [0, 0.1) is 0 Å². The van der Waals surface area contributed by atoms with Crippen LogP contribution < -0.4 is 0 Å². The molecule has 3 heteroatoms. The van der Waals surface area contributed by atoms with Gasteiger partial charge in [-0.05, 0) is 24.3 Å². The Balaban J connectivity index is 2.14. The maximum Gasteiger partial charge on any atom is 0.262 e. The summed E-state index contributed by atoms with van der Waals surface area (Å²) in [7, 11) is 0. The number of fused-ring (bicyclic) bond motifs is 1. The summed E-state index contributed by atoms with van der Waals surface area (Å²) in [6.07, 6.45) is 5.05. The van der Waals surface area contributed by atoms with Gasteiger partial charge < -0.3 is 0 Å². The first-order valence-electron chi connectivity index (χ1n) is 5.37. The summed E-state index contributed by atoms with van der Waals surface area (Å²) in [5.74, 6) is -0.0337. The van der Waals surface area contributed by atoms with E-state index in [-0.39, 0.29) is 5.91 Å². The number of rotatable bonds is 1. The SMILES string of the molecule is O=C(c1ccncc1)n1ccc2ccccc21. The number of para-hydroxylation sites is 1. The van der Waals surface area contributed by atoms with Crippen molar-refractivity contribution in [1.82, 2.24) is 9.55 Å². The van der Waals surface area contributed by atoms with Gasteiger partial charge in [-0.25, -0.2) is 0 Å². The molecular formula is C14H10N2O. The summed E-state index contributed by atoms with van der Waals surface area (Å²) in [5.41, 5.74) is 1.57. The maximum atomic E-state index is 12.3. The van der Waals surface area contributed by atoms with E-state index in [9.17, 15) is 4.79 Å². The van der Waals surface area contributed by atoms with Crippen LogP contribution in [0.15, 0.2) is 61.1 Å². The minimum absolute atomic E-state index is 0.0337. The fourth-order valence-corrected chi connectivity index (χ4v) is 1.89. The number of hydrogen-bond donors (Lipinski definition) is 0. The van der Waals surface area contributed by atoms with E-state index >= 15 is 0 Å². The monoisotopic (exact) mass is 222 g/mol. The van der Waals surface area contributed by atoms with Crippen molar-refractivity contribution in [3.63, 3.8) is 0 Å². The molecule has 0 unspecified atom stereocenters. The van der Waals surface area contributed by atoms with Gasteiger partial charge in [0.15, 0.2) is 0 Å². The zero-order valence-electron chi connectivity index (χ0n) is 9.08. The lowest BCUT2D eigenvalue weighted by Gasteiger charge is -2.03. The molecule has 2 aromatic heterocycles. The minimum Gasteiger partial charge on any atom is -0.283 e. The van der Waals surface area contributed by atoms with Crippen molar-refractivity contribution in [1.29, 1.82) is 0 Å². The van der Waals surface area contributed by atoms with E-state index in [1.165, 1.54) is 0 Å². The maximum absolute atomic E-state index is 12.3. The van der Waals surface area contributed by atoms with Gasteiger partial charge in [-0.1, -0.05) is 18.2 Å². The number of pyridine rings is 1. The van der Waals surface area contributed by atoms with Gasteiger partial charge in [0, 0.05) is 29.5 Å². The van der Waals surface area contributed by atoms with Crippen LogP contribution in [0.5, 0.6) is 0 Å². The fourth-order valence-electron chi connectivity index (χ4n) is 1.89. The lowest BCUT2D eigenvalue weighted by molar-refractivity contribution is 0.0965. The molecule has 0 spiro atoms. The second kappa shape index (κ2) is 3.87. The van der Waals surface area contributed by atoms with Crippen molar-refractivity contribution in [2.45, 2.75) is 0 Å². The standard InChI is InChI=1S/C14H10N2O/c17-14(12-5-8-15-9-6-12)16-10-7-11-3-1-2-4-13(11)16/h1-10H. The van der Waals surface area contributed by atoms with Gasteiger partial charge in [0.25, 0.3) is 5.91 Å². The van der Waals surface area contributed by atoms with Crippen LogP contribution in [-0.4, -0.2) is 15.5 Å². The lowest BCUT2D eigenvalue weighted by atomic mass is 10.2. The normalized spacial score (nSPS) is 10.6. The third-order valence-corrected chi connectivity index (χ3v) is 2.75. The highest BCUT2D eigenvalue weighted by molar-refractivity contribution is 6.01.